The zero-order valence-corrected chi connectivity index (χ0v) is 14.2. The Kier molecular flexibility index (Phi) is 5.09. The normalized spacial score (nSPS) is 10.3. The van der Waals surface area contributed by atoms with E-state index in [1.54, 1.807) is 12.1 Å². The second-order valence-electron chi connectivity index (χ2n) is 5.24. The van der Waals surface area contributed by atoms with Crippen LogP contribution in [0.3, 0.4) is 0 Å². The SMILES string of the molecule is Nc1nc(-c2ccc(OCC(=O)Nc3ccc([N+](=O)[O-])cc3)cc2)cs1. The Bertz CT molecular complexity index is 923. The number of nitrogens with one attached hydrogen (secondary N) is 1. The average Bonchev–Trinajstić information content (AvgIpc) is 3.07. The molecule has 8 nitrogen and oxygen atoms in total. The number of nitrogens with zero attached hydrogens (tertiary/aromatic N) is 2. The van der Waals surface area contributed by atoms with Gasteiger partial charge >= 0.3 is 0 Å². The number of non-ortho nitro benzene ring substituents is 1. The third-order valence-corrected chi connectivity index (χ3v) is 4.08. The second-order valence-corrected chi connectivity index (χ2v) is 6.13. The molecular formula is C17H14N4O4S. The van der Waals surface area contributed by atoms with Crippen LogP contribution in [0.25, 0.3) is 11.3 Å². The number of aromatic nitrogens is 1. The van der Waals surface area contributed by atoms with Crippen LogP contribution < -0.4 is 15.8 Å². The molecule has 3 N–H and O–H groups in total. The molecule has 0 fully saturated rings. The zero-order chi connectivity index (χ0) is 18.5. The number of amides is 1. The monoisotopic (exact) mass is 370 g/mol. The van der Waals surface area contributed by atoms with Crippen LogP contribution >= 0.6 is 11.3 Å². The van der Waals surface area contributed by atoms with Gasteiger partial charge in [-0.25, -0.2) is 4.98 Å². The van der Waals surface area contributed by atoms with Gasteiger partial charge in [-0.1, -0.05) is 0 Å². The Labute approximate surface area is 152 Å². The number of nitrogen functional groups attached to an aromatic ring is 1. The maximum atomic E-state index is 11.9. The van der Waals surface area contributed by atoms with Gasteiger partial charge in [0.05, 0.1) is 10.6 Å². The molecule has 9 heteroatoms. The van der Waals surface area contributed by atoms with Crippen molar-refractivity contribution >= 4 is 33.8 Å². The number of thiazole rings is 1. The van der Waals surface area contributed by atoms with Crippen molar-refractivity contribution in [3.63, 3.8) is 0 Å². The van der Waals surface area contributed by atoms with E-state index in [9.17, 15) is 14.9 Å². The smallest absolute Gasteiger partial charge is 0.269 e. The Morgan fingerprint density at radius 1 is 1.19 bits per heavy atom. The molecule has 0 unspecified atom stereocenters. The van der Waals surface area contributed by atoms with Gasteiger partial charge < -0.3 is 15.8 Å². The molecule has 0 radical (unpaired) electrons. The molecule has 1 amide bonds. The predicted octanol–water partition coefficient (Wildman–Crippen LogP) is 3.32. The van der Waals surface area contributed by atoms with E-state index >= 15 is 0 Å². The molecule has 0 bridgehead atoms. The van der Waals surface area contributed by atoms with Gasteiger partial charge in [-0.3, -0.25) is 14.9 Å². The molecule has 0 aliphatic rings. The molecule has 0 saturated carbocycles. The molecule has 26 heavy (non-hydrogen) atoms. The number of ether oxygens (including phenoxy) is 1. The maximum absolute atomic E-state index is 11.9. The number of hydrogen-bond donors (Lipinski definition) is 2. The summed E-state index contributed by atoms with van der Waals surface area (Å²) in [4.78, 5) is 26.2. The standard InChI is InChI=1S/C17H14N4O4S/c18-17-20-15(10-26-17)11-1-7-14(8-2-11)25-9-16(22)19-12-3-5-13(6-4-12)21(23)24/h1-8,10H,9H2,(H2,18,20)(H,19,22). The van der Waals surface area contributed by atoms with E-state index in [-0.39, 0.29) is 18.2 Å². The number of hydrogen-bond acceptors (Lipinski definition) is 7. The summed E-state index contributed by atoms with van der Waals surface area (Å²) in [6.45, 7) is -0.181. The Balaban J connectivity index is 1.53. The van der Waals surface area contributed by atoms with Gasteiger partial charge in [0.2, 0.25) is 0 Å². The minimum atomic E-state index is -0.502. The highest BCUT2D eigenvalue weighted by molar-refractivity contribution is 7.13. The van der Waals surface area contributed by atoms with Crippen molar-refractivity contribution in [1.29, 1.82) is 0 Å². The van der Waals surface area contributed by atoms with Gasteiger partial charge in [-0.2, -0.15) is 0 Å². The fourth-order valence-corrected chi connectivity index (χ4v) is 2.73. The first-order valence-electron chi connectivity index (χ1n) is 7.50. The van der Waals surface area contributed by atoms with E-state index in [1.807, 2.05) is 17.5 Å². The minimum Gasteiger partial charge on any atom is -0.484 e. The molecule has 0 atom stereocenters. The zero-order valence-electron chi connectivity index (χ0n) is 13.4. The van der Waals surface area contributed by atoms with E-state index in [0.29, 0.717) is 16.6 Å². The van der Waals surface area contributed by atoms with Crippen LogP contribution in [0.1, 0.15) is 0 Å². The number of nitrogens with two attached hydrogens (primary N) is 1. The summed E-state index contributed by atoms with van der Waals surface area (Å²) in [5, 5.41) is 15.6. The van der Waals surface area contributed by atoms with Crippen LogP contribution in [0.4, 0.5) is 16.5 Å². The van der Waals surface area contributed by atoms with Crippen LogP contribution in [0.5, 0.6) is 5.75 Å². The summed E-state index contributed by atoms with van der Waals surface area (Å²) >= 11 is 1.37. The number of carbonyl (C=O) groups excluding carboxylic acids is 1. The van der Waals surface area contributed by atoms with Crippen molar-refractivity contribution in [2.45, 2.75) is 0 Å². The van der Waals surface area contributed by atoms with Gasteiger partial charge in [0, 0.05) is 28.8 Å². The lowest BCUT2D eigenvalue weighted by Crippen LogP contribution is -2.20. The number of carbonyl (C=O) groups is 1. The van der Waals surface area contributed by atoms with Crippen LogP contribution in [0.15, 0.2) is 53.9 Å². The van der Waals surface area contributed by atoms with Crippen LogP contribution in [0, 0.1) is 10.1 Å². The van der Waals surface area contributed by atoms with Crippen molar-refractivity contribution < 1.29 is 14.5 Å². The molecule has 1 heterocycles. The Morgan fingerprint density at radius 3 is 2.46 bits per heavy atom. The molecule has 132 valence electrons. The summed E-state index contributed by atoms with van der Waals surface area (Å²) in [6.07, 6.45) is 0. The molecule has 0 saturated heterocycles. The van der Waals surface area contributed by atoms with Gasteiger partial charge in [-0.15, -0.1) is 11.3 Å². The lowest BCUT2D eigenvalue weighted by Gasteiger charge is -2.08. The van der Waals surface area contributed by atoms with E-state index in [4.69, 9.17) is 10.5 Å². The summed E-state index contributed by atoms with van der Waals surface area (Å²) in [5.74, 6) is 0.172. The minimum absolute atomic E-state index is 0.0405. The van der Waals surface area contributed by atoms with Gasteiger partial charge in [-0.05, 0) is 36.4 Å². The molecule has 2 aromatic carbocycles. The lowest BCUT2D eigenvalue weighted by molar-refractivity contribution is -0.384. The first-order valence-corrected chi connectivity index (χ1v) is 8.38. The van der Waals surface area contributed by atoms with E-state index in [1.165, 1.54) is 35.6 Å². The summed E-state index contributed by atoms with van der Waals surface area (Å²) in [6, 6.07) is 12.7. The maximum Gasteiger partial charge on any atom is 0.269 e. The largest absolute Gasteiger partial charge is 0.484 e. The molecule has 0 aliphatic carbocycles. The number of benzene rings is 2. The van der Waals surface area contributed by atoms with Crippen molar-refractivity contribution in [2.75, 3.05) is 17.7 Å². The Morgan fingerprint density at radius 2 is 1.88 bits per heavy atom. The van der Waals surface area contributed by atoms with Gasteiger partial charge in [0.1, 0.15) is 5.75 Å². The number of rotatable bonds is 6. The summed E-state index contributed by atoms with van der Waals surface area (Å²) < 4.78 is 5.44. The quantitative estimate of drug-likeness (QED) is 0.507. The first-order chi connectivity index (χ1) is 12.5. The summed E-state index contributed by atoms with van der Waals surface area (Å²) in [5.41, 5.74) is 7.73. The average molecular weight is 370 g/mol. The molecule has 3 rings (SSSR count). The number of anilines is 2. The van der Waals surface area contributed by atoms with E-state index in [2.05, 4.69) is 10.3 Å². The topological polar surface area (TPSA) is 120 Å². The highest BCUT2D eigenvalue weighted by Crippen LogP contribution is 2.25. The highest BCUT2D eigenvalue weighted by atomic mass is 32.1. The molecule has 1 aromatic heterocycles. The molecular weight excluding hydrogens is 356 g/mol. The van der Waals surface area contributed by atoms with E-state index < -0.39 is 4.92 Å². The molecule has 0 aliphatic heterocycles. The van der Waals surface area contributed by atoms with Gasteiger partial charge in [0.15, 0.2) is 11.7 Å². The highest BCUT2D eigenvalue weighted by Gasteiger charge is 2.08. The predicted molar refractivity (Wildman–Crippen MR) is 99.2 cm³/mol. The van der Waals surface area contributed by atoms with Crippen LogP contribution in [0.2, 0.25) is 0 Å². The van der Waals surface area contributed by atoms with Crippen molar-refractivity contribution in [1.82, 2.24) is 4.98 Å². The molecule has 3 aromatic rings. The first kappa shape index (κ1) is 17.4. The van der Waals surface area contributed by atoms with E-state index in [0.717, 1.165) is 11.3 Å². The third-order valence-electron chi connectivity index (χ3n) is 3.40. The van der Waals surface area contributed by atoms with Gasteiger partial charge in [0.25, 0.3) is 11.6 Å². The lowest BCUT2D eigenvalue weighted by atomic mass is 10.2. The Hall–Kier alpha value is -3.46. The van der Waals surface area contributed by atoms with Crippen LogP contribution in [-0.4, -0.2) is 22.4 Å². The van der Waals surface area contributed by atoms with Crippen molar-refractivity contribution in [3.8, 4) is 17.0 Å². The second kappa shape index (κ2) is 7.62. The fraction of sp³-hybridized carbons (Fsp3) is 0.0588. The fourth-order valence-electron chi connectivity index (χ4n) is 2.15. The van der Waals surface area contributed by atoms with Crippen molar-refractivity contribution in [2.24, 2.45) is 0 Å². The third kappa shape index (κ3) is 4.33. The molecule has 0 spiro atoms. The summed E-state index contributed by atoms with van der Waals surface area (Å²) in [7, 11) is 0. The van der Waals surface area contributed by atoms with Crippen molar-refractivity contribution in [3.05, 3.63) is 64.0 Å². The number of nitro benzene ring substituents is 1. The van der Waals surface area contributed by atoms with Crippen LogP contribution in [-0.2, 0) is 4.79 Å². The number of nitro groups is 1.